The molecule has 7 heteroatoms. The second kappa shape index (κ2) is 9.24. The quantitative estimate of drug-likeness (QED) is 0.310. The molecule has 1 aliphatic rings. The number of allylic oxidation sites excluding steroid dienone is 2. The molecule has 3 N–H and O–H groups in total. The minimum atomic E-state index is -0.656. The van der Waals surface area contributed by atoms with Gasteiger partial charge in [0.05, 0.1) is 5.52 Å². The number of aliphatic hydroxyl groups excluding tert-OH is 2. The lowest BCUT2D eigenvalue weighted by Gasteiger charge is -2.35. The Morgan fingerprint density at radius 3 is 2.65 bits per heavy atom. The molecule has 0 spiro atoms. The molecule has 1 unspecified atom stereocenters. The van der Waals surface area contributed by atoms with Crippen LogP contribution in [0.25, 0.3) is 21.8 Å². The first kappa shape index (κ1) is 21.0. The number of ether oxygens (including phenoxy) is 1. The van der Waals surface area contributed by atoms with Crippen LogP contribution in [0.3, 0.4) is 0 Å². The van der Waals surface area contributed by atoms with Crippen LogP contribution in [0.4, 0.5) is 0 Å². The number of hydrogen-bond acceptors (Lipinski definition) is 5. The molecule has 0 aliphatic carbocycles. The number of rotatable bonds is 7. The lowest BCUT2D eigenvalue weighted by Crippen LogP contribution is -2.51. The summed E-state index contributed by atoms with van der Waals surface area (Å²) in [4.78, 5) is 19.2. The maximum absolute atomic E-state index is 12.1. The number of carbonyl (C=O) groups is 1. The Bertz CT molecular complexity index is 1110. The number of nitrogens with one attached hydrogen (secondary N) is 1. The number of fused-ring (bicyclic) bond motifs is 3. The van der Waals surface area contributed by atoms with Gasteiger partial charge in [-0.2, -0.15) is 0 Å². The molecule has 0 bridgehead atoms. The molecule has 1 aromatic heterocycles. The van der Waals surface area contributed by atoms with Crippen LogP contribution in [0, 0.1) is 0 Å². The molecule has 31 heavy (non-hydrogen) atoms. The van der Waals surface area contributed by atoms with Crippen LogP contribution in [0.1, 0.15) is 0 Å². The molecular weight excluding hydrogens is 394 g/mol. The number of β-amino-alcohol motifs (C(OH)–C–C–N with tert-alkyl or cyclic N) is 1. The number of benzene rings is 2. The smallest absolute Gasteiger partial charge is 0.288 e. The first-order valence-corrected chi connectivity index (χ1v) is 10.4. The van der Waals surface area contributed by atoms with Crippen molar-refractivity contribution in [1.82, 2.24) is 14.8 Å². The fourth-order valence-corrected chi connectivity index (χ4v) is 4.00. The van der Waals surface area contributed by atoms with Gasteiger partial charge in [0, 0.05) is 49.0 Å². The van der Waals surface area contributed by atoms with E-state index >= 15 is 0 Å². The lowest BCUT2D eigenvalue weighted by atomic mass is 10.1. The summed E-state index contributed by atoms with van der Waals surface area (Å²) in [6, 6.07) is 14.0. The van der Waals surface area contributed by atoms with E-state index in [1.54, 1.807) is 4.90 Å². The SMILES string of the molecule is C=C/C=C(\O)C(=O)N1CCN(CC(O)COc2cccc3[nH]c4ccccc4c23)CC1. The molecule has 7 nitrogen and oxygen atoms in total. The summed E-state index contributed by atoms with van der Waals surface area (Å²) in [6.07, 6.45) is 2.03. The van der Waals surface area contributed by atoms with E-state index in [0.29, 0.717) is 32.7 Å². The second-order valence-electron chi connectivity index (χ2n) is 7.69. The fraction of sp³-hybridized carbons (Fsp3) is 0.292. The van der Waals surface area contributed by atoms with Crippen molar-refractivity contribution < 1.29 is 19.7 Å². The number of aliphatic hydroxyl groups is 2. The monoisotopic (exact) mass is 421 g/mol. The third kappa shape index (κ3) is 4.57. The number of aromatic amines is 1. The molecule has 1 fully saturated rings. The van der Waals surface area contributed by atoms with Crippen molar-refractivity contribution in [1.29, 1.82) is 0 Å². The first-order chi connectivity index (χ1) is 15.1. The van der Waals surface area contributed by atoms with Gasteiger partial charge in [0.1, 0.15) is 18.5 Å². The average Bonchev–Trinajstić information content (AvgIpc) is 3.17. The summed E-state index contributed by atoms with van der Waals surface area (Å²) in [5, 5.41) is 22.3. The maximum atomic E-state index is 12.1. The van der Waals surface area contributed by atoms with Gasteiger partial charge in [-0.3, -0.25) is 9.69 Å². The molecule has 2 heterocycles. The highest BCUT2D eigenvalue weighted by Crippen LogP contribution is 2.33. The maximum Gasteiger partial charge on any atom is 0.288 e. The molecule has 3 aromatic rings. The van der Waals surface area contributed by atoms with Crippen molar-refractivity contribution in [2.45, 2.75) is 6.10 Å². The van der Waals surface area contributed by atoms with E-state index < -0.39 is 12.0 Å². The van der Waals surface area contributed by atoms with Crippen LogP contribution in [0.2, 0.25) is 0 Å². The number of H-pyrrole nitrogens is 1. The Kier molecular flexibility index (Phi) is 6.25. The van der Waals surface area contributed by atoms with Gasteiger partial charge in [-0.05, 0) is 24.3 Å². The van der Waals surface area contributed by atoms with Crippen molar-refractivity contribution in [3.05, 3.63) is 67.0 Å². The van der Waals surface area contributed by atoms with Gasteiger partial charge in [0.15, 0.2) is 5.76 Å². The highest BCUT2D eigenvalue weighted by atomic mass is 16.5. The van der Waals surface area contributed by atoms with Crippen LogP contribution in [-0.4, -0.2) is 76.3 Å². The predicted molar refractivity (Wildman–Crippen MR) is 121 cm³/mol. The Balaban J connectivity index is 1.33. The van der Waals surface area contributed by atoms with Crippen molar-refractivity contribution in [2.75, 3.05) is 39.3 Å². The Labute approximate surface area is 180 Å². The van der Waals surface area contributed by atoms with Crippen LogP contribution in [0.15, 0.2) is 67.0 Å². The van der Waals surface area contributed by atoms with Gasteiger partial charge in [-0.25, -0.2) is 0 Å². The molecule has 1 aliphatic heterocycles. The minimum Gasteiger partial charge on any atom is -0.503 e. The van der Waals surface area contributed by atoms with Crippen molar-refractivity contribution in [2.24, 2.45) is 0 Å². The molecule has 162 valence electrons. The van der Waals surface area contributed by atoms with E-state index in [-0.39, 0.29) is 12.4 Å². The van der Waals surface area contributed by atoms with Crippen LogP contribution in [-0.2, 0) is 4.79 Å². The van der Waals surface area contributed by atoms with E-state index in [9.17, 15) is 15.0 Å². The molecule has 1 amide bonds. The van der Waals surface area contributed by atoms with Crippen LogP contribution in [0.5, 0.6) is 5.75 Å². The summed E-state index contributed by atoms with van der Waals surface area (Å²) in [5.74, 6) is 0.0486. The van der Waals surface area contributed by atoms with Crippen molar-refractivity contribution in [3.8, 4) is 5.75 Å². The number of carbonyl (C=O) groups excluding carboxylic acids is 1. The highest BCUT2D eigenvalue weighted by Gasteiger charge is 2.24. The predicted octanol–water partition coefficient (Wildman–Crippen LogP) is 2.83. The second-order valence-corrected chi connectivity index (χ2v) is 7.69. The summed E-state index contributed by atoms with van der Waals surface area (Å²) in [6.45, 7) is 6.37. The van der Waals surface area contributed by atoms with E-state index in [2.05, 4.69) is 22.5 Å². The Morgan fingerprint density at radius 1 is 1.13 bits per heavy atom. The van der Waals surface area contributed by atoms with Gasteiger partial charge >= 0.3 is 0 Å². The fourth-order valence-electron chi connectivity index (χ4n) is 4.00. The number of amides is 1. The number of nitrogens with zero attached hydrogens (tertiary/aromatic N) is 2. The molecule has 1 saturated heterocycles. The molecule has 0 saturated carbocycles. The number of aromatic nitrogens is 1. The van der Waals surface area contributed by atoms with Gasteiger partial charge in [0.25, 0.3) is 5.91 Å². The summed E-state index contributed by atoms with van der Waals surface area (Å²) in [7, 11) is 0. The van der Waals surface area contributed by atoms with E-state index in [4.69, 9.17) is 4.74 Å². The Morgan fingerprint density at radius 2 is 1.87 bits per heavy atom. The standard InChI is InChI=1S/C24H27N3O4/c1-2-6-21(29)24(30)27-13-11-26(12-14-27)15-17(28)16-31-22-10-5-9-20-23(22)18-7-3-4-8-19(18)25-20/h2-10,17,25,28-29H,1,11-16H2/b21-6-. The largest absolute Gasteiger partial charge is 0.503 e. The van der Waals surface area contributed by atoms with Gasteiger partial charge in [-0.15, -0.1) is 0 Å². The molecule has 0 radical (unpaired) electrons. The number of piperazine rings is 1. The van der Waals surface area contributed by atoms with Gasteiger partial charge in [0.2, 0.25) is 0 Å². The zero-order valence-corrected chi connectivity index (χ0v) is 17.3. The van der Waals surface area contributed by atoms with E-state index in [1.165, 1.54) is 12.2 Å². The summed E-state index contributed by atoms with van der Waals surface area (Å²) < 4.78 is 6.00. The minimum absolute atomic E-state index is 0.181. The summed E-state index contributed by atoms with van der Waals surface area (Å²) >= 11 is 0. The molecular formula is C24H27N3O4. The van der Waals surface area contributed by atoms with Gasteiger partial charge < -0.3 is 24.8 Å². The van der Waals surface area contributed by atoms with Crippen molar-refractivity contribution in [3.63, 3.8) is 0 Å². The third-order valence-electron chi connectivity index (χ3n) is 5.55. The Hall–Kier alpha value is -3.29. The van der Waals surface area contributed by atoms with Crippen LogP contribution < -0.4 is 4.74 Å². The lowest BCUT2D eigenvalue weighted by molar-refractivity contribution is -0.131. The highest BCUT2D eigenvalue weighted by molar-refractivity contribution is 6.10. The first-order valence-electron chi connectivity index (χ1n) is 10.4. The van der Waals surface area contributed by atoms with E-state index in [1.807, 2.05) is 36.4 Å². The topological polar surface area (TPSA) is 89.0 Å². The van der Waals surface area contributed by atoms with E-state index in [0.717, 1.165) is 27.6 Å². The van der Waals surface area contributed by atoms with Crippen LogP contribution >= 0.6 is 0 Å². The zero-order valence-electron chi connectivity index (χ0n) is 17.3. The zero-order chi connectivity index (χ0) is 21.8. The molecule has 1 atom stereocenters. The van der Waals surface area contributed by atoms with Gasteiger partial charge in [-0.1, -0.05) is 36.9 Å². The molecule has 2 aromatic carbocycles. The third-order valence-corrected chi connectivity index (χ3v) is 5.55. The average molecular weight is 421 g/mol. The number of para-hydroxylation sites is 1. The molecule has 4 rings (SSSR count). The van der Waals surface area contributed by atoms with Crippen molar-refractivity contribution >= 4 is 27.7 Å². The normalized spacial score (nSPS) is 16.5. The number of hydrogen-bond donors (Lipinski definition) is 3. The summed E-state index contributed by atoms with van der Waals surface area (Å²) in [5.41, 5.74) is 2.05.